The van der Waals surface area contributed by atoms with Crippen molar-refractivity contribution in [1.82, 2.24) is 19.4 Å². The number of imidazole rings is 1. The largest absolute Gasteiger partial charge is 0.379 e. The highest BCUT2D eigenvalue weighted by molar-refractivity contribution is 7.90. The highest BCUT2D eigenvalue weighted by atomic mass is 32.2. The Balaban J connectivity index is 1.60. The lowest BCUT2D eigenvalue weighted by Gasteiger charge is -2.31. The third-order valence-electron chi connectivity index (χ3n) is 7.04. The molecule has 0 radical (unpaired) electrons. The number of morpholine rings is 1. The Bertz CT molecular complexity index is 1200. The number of hydrogen-bond acceptors (Lipinski definition) is 7. The van der Waals surface area contributed by atoms with Crippen LogP contribution in [0.4, 0.5) is 4.39 Å². The van der Waals surface area contributed by atoms with E-state index in [9.17, 15) is 17.6 Å². The molecular weight excluding hydrogens is 523 g/mol. The molecule has 11 heteroatoms. The number of ether oxygens (including phenoxy) is 2. The van der Waals surface area contributed by atoms with Crippen LogP contribution in [0.2, 0.25) is 0 Å². The molecule has 1 aromatic carbocycles. The van der Waals surface area contributed by atoms with E-state index < -0.39 is 15.7 Å². The van der Waals surface area contributed by atoms with Gasteiger partial charge in [-0.05, 0) is 36.0 Å². The molecule has 1 atom stereocenters. The molecule has 0 aliphatic carbocycles. The molecule has 2 aliphatic rings. The molecule has 2 aromatic rings. The van der Waals surface area contributed by atoms with Crippen LogP contribution in [0.3, 0.4) is 0 Å². The van der Waals surface area contributed by atoms with Gasteiger partial charge in [0, 0.05) is 39.2 Å². The number of halogens is 1. The summed E-state index contributed by atoms with van der Waals surface area (Å²) in [4.78, 5) is 21.9. The predicted molar refractivity (Wildman–Crippen MR) is 145 cm³/mol. The van der Waals surface area contributed by atoms with Crippen LogP contribution in [0.15, 0.2) is 35.6 Å². The van der Waals surface area contributed by atoms with Gasteiger partial charge in [-0.3, -0.25) is 9.69 Å². The number of nitrogens with zero attached hydrogens (tertiary/aromatic N) is 4. The molecule has 3 heterocycles. The van der Waals surface area contributed by atoms with Crippen molar-refractivity contribution in [1.29, 1.82) is 0 Å². The number of rotatable bonds is 11. The monoisotopic (exact) mass is 564 g/mol. The minimum atomic E-state index is -3.84. The first-order valence-electron chi connectivity index (χ1n) is 13.7. The molecule has 2 aliphatic heterocycles. The lowest BCUT2D eigenvalue weighted by molar-refractivity contribution is -0.134. The van der Waals surface area contributed by atoms with Gasteiger partial charge >= 0.3 is 0 Å². The van der Waals surface area contributed by atoms with E-state index in [1.165, 1.54) is 24.3 Å². The lowest BCUT2D eigenvalue weighted by atomic mass is 9.91. The summed E-state index contributed by atoms with van der Waals surface area (Å²) in [6.45, 7) is 11.6. The van der Waals surface area contributed by atoms with Gasteiger partial charge in [-0.2, -0.15) is 0 Å². The molecule has 0 spiro atoms. The summed E-state index contributed by atoms with van der Waals surface area (Å²) in [5.41, 5.74) is 0.958. The quantitative estimate of drug-likeness (QED) is 0.414. The molecule has 216 valence electrons. The van der Waals surface area contributed by atoms with Crippen LogP contribution in [0.1, 0.15) is 51.3 Å². The Labute approximate surface area is 231 Å². The molecule has 39 heavy (non-hydrogen) atoms. The molecule has 2 fully saturated rings. The van der Waals surface area contributed by atoms with Crippen molar-refractivity contribution in [2.75, 3.05) is 46.0 Å². The van der Waals surface area contributed by atoms with Crippen LogP contribution in [-0.4, -0.2) is 85.8 Å². The van der Waals surface area contributed by atoms with E-state index in [1.807, 2.05) is 25.7 Å². The molecule has 0 bridgehead atoms. The van der Waals surface area contributed by atoms with Gasteiger partial charge in [-0.25, -0.2) is 17.8 Å². The Morgan fingerprint density at radius 2 is 1.87 bits per heavy atom. The third-order valence-corrected chi connectivity index (χ3v) is 8.63. The van der Waals surface area contributed by atoms with Crippen molar-refractivity contribution in [2.45, 2.75) is 70.1 Å². The summed E-state index contributed by atoms with van der Waals surface area (Å²) in [6.07, 6.45) is 3.58. The summed E-state index contributed by atoms with van der Waals surface area (Å²) < 4.78 is 53.4. The van der Waals surface area contributed by atoms with Crippen molar-refractivity contribution in [2.24, 2.45) is 5.41 Å². The van der Waals surface area contributed by atoms with Crippen LogP contribution in [-0.2, 0) is 42.9 Å². The highest BCUT2D eigenvalue weighted by Crippen LogP contribution is 2.24. The maximum absolute atomic E-state index is 13.5. The molecular formula is C28H41FN4O5S. The zero-order chi connectivity index (χ0) is 28.0. The second-order valence-electron chi connectivity index (χ2n) is 11.7. The Hall–Kier alpha value is -2.34. The van der Waals surface area contributed by atoms with E-state index in [1.54, 1.807) is 10.8 Å². The summed E-state index contributed by atoms with van der Waals surface area (Å²) in [7, 11) is -3.84. The number of carbonyl (C=O) groups excluding carboxylic acids is 1. The van der Waals surface area contributed by atoms with Gasteiger partial charge in [-0.1, -0.05) is 32.9 Å². The number of aromatic nitrogens is 2. The number of carbonyl (C=O) groups is 1. The number of amides is 1. The SMILES string of the molecule is CC(C)(C)CC(=O)N(CCN1CCOCC1)Cc1cnc(S(=O)(=O)Cc2ccc(F)cc2)n1C[C@@H]1CCCO1. The fourth-order valence-corrected chi connectivity index (χ4v) is 6.46. The minimum Gasteiger partial charge on any atom is -0.379 e. The summed E-state index contributed by atoms with van der Waals surface area (Å²) >= 11 is 0. The molecule has 2 saturated heterocycles. The Morgan fingerprint density at radius 1 is 1.15 bits per heavy atom. The summed E-state index contributed by atoms with van der Waals surface area (Å²) in [5, 5.41) is -0.0475. The van der Waals surface area contributed by atoms with Gasteiger partial charge in [0.15, 0.2) is 0 Å². The standard InChI is InChI=1S/C28H41FN4O5S/c1-28(2,3)17-26(34)32(11-10-31-12-15-37-16-13-31)19-24-18-30-27(33(24)20-25-5-4-14-38-25)39(35,36)21-22-6-8-23(29)9-7-22/h6-9,18,25H,4-5,10-17,19-21H2,1-3H3/t25-/m0/s1. The lowest BCUT2D eigenvalue weighted by Crippen LogP contribution is -2.43. The smallest absolute Gasteiger partial charge is 0.228 e. The minimum absolute atomic E-state index is 0.0244. The zero-order valence-electron chi connectivity index (χ0n) is 23.3. The predicted octanol–water partition coefficient (Wildman–Crippen LogP) is 3.27. The molecule has 0 saturated carbocycles. The second-order valence-corrected chi connectivity index (χ2v) is 13.6. The van der Waals surface area contributed by atoms with Gasteiger partial charge in [-0.15, -0.1) is 0 Å². The first kappa shape index (κ1) is 29.6. The summed E-state index contributed by atoms with van der Waals surface area (Å²) in [5.74, 6) is -0.689. The zero-order valence-corrected chi connectivity index (χ0v) is 24.1. The highest BCUT2D eigenvalue weighted by Gasteiger charge is 2.29. The van der Waals surface area contributed by atoms with Crippen LogP contribution in [0, 0.1) is 11.2 Å². The van der Waals surface area contributed by atoms with Gasteiger partial charge in [0.1, 0.15) is 5.82 Å². The van der Waals surface area contributed by atoms with E-state index in [0.29, 0.717) is 50.6 Å². The van der Waals surface area contributed by atoms with Crippen LogP contribution in [0.25, 0.3) is 0 Å². The van der Waals surface area contributed by atoms with Crippen molar-refractivity contribution in [3.05, 3.63) is 47.5 Å². The normalized spacial score (nSPS) is 18.9. The molecule has 1 aromatic heterocycles. The van der Waals surface area contributed by atoms with Gasteiger partial charge < -0.3 is 18.9 Å². The molecule has 0 N–H and O–H groups in total. The first-order valence-corrected chi connectivity index (χ1v) is 15.4. The van der Waals surface area contributed by atoms with Crippen LogP contribution < -0.4 is 0 Å². The number of hydrogen-bond donors (Lipinski definition) is 0. The second kappa shape index (κ2) is 12.9. The maximum atomic E-state index is 13.5. The molecule has 4 rings (SSSR count). The maximum Gasteiger partial charge on any atom is 0.228 e. The fourth-order valence-electron chi connectivity index (χ4n) is 4.96. The summed E-state index contributed by atoms with van der Waals surface area (Å²) in [6, 6.07) is 5.45. The van der Waals surface area contributed by atoms with Crippen molar-refractivity contribution < 1.29 is 27.1 Å². The van der Waals surface area contributed by atoms with Gasteiger partial charge in [0.05, 0.1) is 50.1 Å². The average Bonchev–Trinajstić information content (AvgIpc) is 3.53. The topological polar surface area (TPSA) is 94.0 Å². The van der Waals surface area contributed by atoms with E-state index in [2.05, 4.69) is 9.88 Å². The number of benzene rings is 1. The average molecular weight is 565 g/mol. The van der Waals surface area contributed by atoms with Crippen molar-refractivity contribution >= 4 is 15.7 Å². The molecule has 9 nitrogen and oxygen atoms in total. The van der Waals surface area contributed by atoms with E-state index in [-0.39, 0.29) is 34.9 Å². The van der Waals surface area contributed by atoms with Crippen LogP contribution >= 0.6 is 0 Å². The van der Waals surface area contributed by atoms with E-state index >= 15 is 0 Å². The van der Waals surface area contributed by atoms with Crippen molar-refractivity contribution in [3.8, 4) is 0 Å². The van der Waals surface area contributed by atoms with Crippen LogP contribution in [0.5, 0.6) is 0 Å². The van der Waals surface area contributed by atoms with E-state index in [0.717, 1.165) is 32.5 Å². The molecule has 0 unspecified atom stereocenters. The van der Waals surface area contributed by atoms with Gasteiger partial charge in [0.25, 0.3) is 0 Å². The Kier molecular flexibility index (Phi) is 9.79. The number of sulfone groups is 1. The molecule has 1 amide bonds. The first-order chi connectivity index (χ1) is 18.5. The van der Waals surface area contributed by atoms with Gasteiger partial charge in [0.2, 0.25) is 20.9 Å². The van der Waals surface area contributed by atoms with Crippen molar-refractivity contribution in [3.63, 3.8) is 0 Å². The van der Waals surface area contributed by atoms with E-state index in [4.69, 9.17) is 9.47 Å². The Morgan fingerprint density at radius 3 is 2.51 bits per heavy atom. The fraction of sp³-hybridized carbons (Fsp3) is 0.643. The third kappa shape index (κ3) is 8.57.